The third-order valence-corrected chi connectivity index (χ3v) is 3.58. The summed E-state index contributed by atoms with van der Waals surface area (Å²) in [5.74, 6) is 1.34. The Morgan fingerprint density at radius 1 is 1.43 bits per heavy atom. The number of oxazole rings is 1. The molecule has 0 amide bonds. The van der Waals surface area contributed by atoms with E-state index in [1.807, 2.05) is 13.8 Å². The highest BCUT2D eigenvalue weighted by Crippen LogP contribution is 2.17. The van der Waals surface area contributed by atoms with E-state index in [9.17, 15) is 4.79 Å². The van der Waals surface area contributed by atoms with Crippen LogP contribution in [0.25, 0.3) is 0 Å². The normalized spacial score (nSPS) is 10.9. The average molecular weight is 311 g/mol. The van der Waals surface area contributed by atoms with Gasteiger partial charge < -0.3 is 9.73 Å². The molecule has 0 spiro atoms. The minimum Gasteiger partial charge on any atom is -0.444 e. The molecule has 0 saturated carbocycles. The average Bonchev–Trinajstić information content (AvgIpc) is 2.78. The van der Waals surface area contributed by atoms with E-state index >= 15 is 0 Å². The topological polar surface area (TPSA) is 73.0 Å². The van der Waals surface area contributed by atoms with E-state index in [-0.39, 0.29) is 10.6 Å². The fraction of sp³-hybridized carbons (Fsp3) is 0.500. The van der Waals surface area contributed by atoms with Crippen LogP contribution in [0.1, 0.15) is 37.1 Å². The molecule has 0 saturated heterocycles. The van der Waals surface area contributed by atoms with Gasteiger partial charge in [-0.2, -0.15) is 5.10 Å². The second kappa shape index (κ2) is 6.76. The second-order valence-electron chi connectivity index (χ2n) is 4.86. The van der Waals surface area contributed by atoms with Crippen LogP contribution in [0.2, 0.25) is 5.02 Å². The molecule has 1 N–H and O–H groups in total. The maximum Gasteiger partial charge on any atom is 0.287 e. The molecule has 0 aliphatic carbocycles. The summed E-state index contributed by atoms with van der Waals surface area (Å²) in [6.45, 7) is 6.73. The fourth-order valence-corrected chi connectivity index (χ4v) is 2.05. The van der Waals surface area contributed by atoms with Crippen molar-refractivity contribution in [3.05, 3.63) is 38.9 Å². The third-order valence-electron chi connectivity index (χ3n) is 3.21. The Labute approximate surface area is 128 Å². The molecule has 0 aliphatic rings. The lowest BCUT2D eigenvalue weighted by Crippen LogP contribution is -2.24. The Morgan fingerprint density at radius 2 is 2.19 bits per heavy atom. The lowest BCUT2D eigenvalue weighted by atomic mass is 10.3. The van der Waals surface area contributed by atoms with Crippen molar-refractivity contribution in [1.82, 2.24) is 14.8 Å². The first-order valence-corrected chi connectivity index (χ1v) is 7.33. The number of nitrogens with one attached hydrogen (secondary N) is 1. The van der Waals surface area contributed by atoms with Gasteiger partial charge in [0, 0.05) is 6.54 Å². The molecule has 2 aromatic heterocycles. The van der Waals surface area contributed by atoms with Crippen LogP contribution in [0.4, 0.5) is 5.69 Å². The standard InChI is InChI=1S/C14H19ClN4O2/c1-4-5-6-19-14(20)13(15)11(7-17-19)16-8-12-18-9(2)10(3)21-12/h7,16H,4-6,8H2,1-3H3. The van der Waals surface area contributed by atoms with E-state index in [1.165, 1.54) is 4.68 Å². The molecule has 0 atom stereocenters. The van der Waals surface area contributed by atoms with Crippen LogP contribution in [0.5, 0.6) is 0 Å². The monoisotopic (exact) mass is 310 g/mol. The SMILES string of the molecule is CCCCn1ncc(NCc2nc(C)c(C)o2)c(Cl)c1=O. The van der Waals surface area contributed by atoms with Crippen LogP contribution in [0, 0.1) is 13.8 Å². The molecule has 0 bridgehead atoms. The largest absolute Gasteiger partial charge is 0.444 e. The Balaban J connectivity index is 2.10. The molecule has 114 valence electrons. The first-order valence-electron chi connectivity index (χ1n) is 6.95. The molecule has 2 heterocycles. The van der Waals surface area contributed by atoms with Gasteiger partial charge in [-0.15, -0.1) is 0 Å². The maximum atomic E-state index is 12.1. The number of aryl methyl sites for hydroxylation is 3. The number of anilines is 1. The van der Waals surface area contributed by atoms with Crippen molar-refractivity contribution in [2.24, 2.45) is 0 Å². The summed E-state index contributed by atoms with van der Waals surface area (Å²) in [5, 5.41) is 7.29. The minimum absolute atomic E-state index is 0.140. The summed E-state index contributed by atoms with van der Waals surface area (Å²) in [7, 11) is 0. The van der Waals surface area contributed by atoms with Crippen LogP contribution >= 0.6 is 11.6 Å². The highest BCUT2D eigenvalue weighted by Gasteiger charge is 2.11. The van der Waals surface area contributed by atoms with E-state index in [0.717, 1.165) is 24.3 Å². The number of rotatable bonds is 6. The van der Waals surface area contributed by atoms with Crippen molar-refractivity contribution in [2.75, 3.05) is 5.32 Å². The van der Waals surface area contributed by atoms with Gasteiger partial charge in [-0.1, -0.05) is 24.9 Å². The minimum atomic E-state index is -0.283. The Hall–Kier alpha value is -1.82. The molecule has 0 fully saturated rings. The van der Waals surface area contributed by atoms with Gasteiger partial charge >= 0.3 is 0 Å². The molecule has 0 unspecified atom stereocenters. The van der Waals surface area contributed by atoms with Crippen molar-refractivity contribution in [3.8, 4) is 0 Å². The van der Waals surface area contributed by atoms with Gasteiger partial charge in [0.1, 0.15) is 10.8 Å². The molecule has 2 rings (SSSR count). The summed E-state index contributed by atoms with van der Waals surface area (Å²) in [5.41, 5.74) is 1.06. The Bertz CT molecular complexity index is 659. The van der Waals surface area contributed by atoms with Crippen LogP contribution in [-0.2, 0) is 13.1 Å². The molecule has 2 aromatic rings. The fourth-order valence-electron chi connectivity index (χ4n) is 1.84. The van der Waals surface area contributed by atoms with Gasteiger partial charge in [0.15, 0.2) is 0 Å². The van der Waals surface area contributed by atoms with Crippen molar-refractivity contribution >= 4 is 17.3 Å². The smallest absolute Gasteiger partial charge is 0.287 e. The number of aromatic nitrogens is 3. The van der Waals surface area contributed by atoms with Crippen molar-refractivity contribution < 1.29 is 4.42 Å². The third kappa shape index (κ3) is 3.64. The summed E-state index contributed by atoms with van der Waals surface area (Å²) in [6.07, 6.45) is 3.45. The van der Waals surface area contributed by atoms with Gasteiger partial charge in [0.05, 0.1) is 24.1 Å². The molecule has 0 radical (unpaired) electrons. The zero-order valence-electron chi connectivity index (χ0n) is 12.4. The Morgan fingerprint density at radius 3 is 2.81 bits per heavy atom. The zero-order valence-corrected chi connectivity index (χ0v) is 13.2. The molecular weight excluding hydrogens is 292 g/mol. The van der Waals surface area contributed by atoms with Crippen molar-refractivity contribution in [2.45, 2.75) is 46.7 Å². The quantitative estimate of drug-likeness (QED) is 0.888. The number of hydrogen-bond donors (Lipinski definition) is 1. The number of halogens is 1. The van der Waals surface area contributed by atoms with Crippen molar-refractivity contribution in [3.63, 3.8) is 0 Å². The lowest BCUT2D eigenvalue weighted by molar-refractivity contribution is 0.478. The predicted molar refractivity (Wildman–Crippen MR) is 81.7 cm³/mol. The van der Waals surface area contributed by atoms with E-state index in [2.05, 4.69) is 22.3 Å². The molecule has 21 heavy (non-hydrogen) atoms. The molecule has 0 aliphatic heterocycles. The number of unbranched alkanes of at least 4 members (excludes halogenated alkanes) is 1. The summed E-state index contributed by atoms with van der Waals surface area (Å²) < 4.78 is 6.85. The highest BCUT2D eigenvalue weighted by molar-refractivity contribution is 6.32. The summed E-state index contributed by atoms with van der Waals surface area (Å²) >= 11 is 6.09. The van der Waals surface area contributed by atoms with Gasteiger partial charge in [-0.3, -0.25) is 4.79 Å². The van der Waals surface area contributed by atoms with E-state index in [1.54, 1.807) is 6.20 Å². The van der Waals surface area contributed by atoms with E-state index in [0.29, 0.717) is 24.7 Å². The van der Waals surface area contributed by atoms with Crippen LogP contribution in [0.15, 0.2) is 15.4 Å². The molecule has 7 heteroatoms. The summed E-state index contributed by atoms with van der Waals surface area (Å²) in [6, 6.07) is 0. The number of nitrogens with zero attached hydrogens (tertiary/aromatic N) is 3. The van der Waals surface area contributed by atoms with E-state index < -0.39 is 0 Å². The van der Waals surface area contributed by atoms with Crippen LogP contribution in [-0.4, -0.2) is 14.8 Å². The van der Waals surface area contributed by atoms with Crippen molar-refractivity contribution in [1.29, 1.82) is 0 Å². The predicted octanol–water partition coefficient (Wildman–Crippen LogP) is 2.91. The zero-order chi connectivity index (χ0) is 15.4. The Kier molecular flexibility index (Phi) is 5.01. The lowest BCUT2D eigenvalue weighted by Gasteiger charge is -2.08. The molecular formula is C14H19ClN4O2. The first-order chi connectivity index (χ1) is 10.0. The highest BCUT2D eigenvalue weighted by atomic mass is 35.5. The van der Waals surface area contributed by atoms with Gasteiger partial charge in [-0.05, 0) is 20.3 Å². The first kappa shape index (κ1) is 15.6. The maximum absolute atomic E-state index is 12.1. The van der Waals surface area contributed by atoms with Crippen LogP contribution < -0.4 is 10.9 Å². The second-order valence-corrected chi connectivity index (χ2v) is 5.23. The summed E-state index contributed by atoms with van der Waals surface area (Å²) in [4.78, 5) is 16.3. The van der Waals surface area contributed by atoms with E-state index in [4.69, 9.17) is 16.0 Å². The molecule has 6 nitrogen and oxygen atoms in total. The number of hydrogen-bond acceptors (Lipinski definition) is 5. The van der Waals surface area contributed by atoms with Crippen LogP contribution in [0.3, 0.4) is 0 Å². The molecule has 0 aromatic carbocycles. The van der Waals surface area contributed by atoms with Gasteiger partial charge in [0.2, 0.25) is 5.89 Å². The van der Waals surface area contributed by atoms with Gasteiger partial charge in [0.25, 0.3) is 5.56 Å². The van der Waals surface area contributed by atoms with Gasteiger partial charge in [-0.25, -0.2) is 9.67 Å².